The number of alkyl halides is 1. The highest BCUT2D eigenvalue weighted by atomic mass is 35.5. The first-order valence-electron chi connectivity index (χ1n) is 4.74. The van der Waals surface area contributed by atoms with Crippen LogP contribution in [-0.2, 0) is 0 Å². The van der Waals surface area contributed by atoms with Crippen molar-refractivity contribution in [2.75, 3.05) is 6.54 Å². The van der Waals surface area contributed by atoms with Crippen LogP contribution < -0.4 is 0 Å². The van der Waals surface area contributed by atoms with Gasteiger partial charge in [-0.25, -0.2) is 0 Å². The molecule has 76 valence electrons. The van der Waals surface area contributed by atoms with Gasteiger partial charge in [0.1, 0.15) is 6.34 Å². The molecule has 1 aliphatic heterocycles. The van der Waals surface area contributed by atoms with Gasteiger partial charge in [-0.15, -0.1) is 0 Å². The summed E-state index contributed by atoms with van der Waals surface area (Å²) in [6.07, 6.45) is 1.83. The molecular formula is C9H18ClN3. The van der Waals surface area contributed by atoms with Gasteiger partial charge in [-0.05, 0) is 19.8 Å². The molecule has 0 bridgehead atoms. The Kier molecular flexibility index (Phi) is 3.42. The molecule has 0 aliphatic carbocycles. The molecule has 1 rings (SSSR count). The maximum atomic E-state index is 6.21. The molecule has 1 heterocycles. The van der Waals surface area contributed by atoms with Crippen LogP contribution in [0.2, 0.25) is 0 Å². The molecule has 1 atom stereocenters. The molecule has 0 N–H and O–H groups in total. The number of nitrogens with zero attached hydrogens (tertiary/aromatic N) is 3. The SMILES string of the molecule is CC(C)CN1C=NN(C(C)C)C1Cl. The molecule has 0 saturated heterocycles. The molecule has 0 aromatic carbocycles. The summed E-state index contributed by atoms with van der Waals surface area (Å²) in [4.78, 5) is 2.06. The molecule has 0 fully saturated rings. The summed E-state index contributed by atoms with van der Waals surface area (Å²) < 4.78 is 0. The first-order chi connectivity index (χ1) is 6.02. The third kappa shape index (κ3) is 2.50. The van der Waals surface area contributed by atoms with E-state index in [1.54, 1.807) is 0 Å². The fourth-order valence-corrected chi connectivity index (χ4v) is 1.73. The van der Waals surface area contributed by atoms with E-state index in [9.17, 15) is 0 Å². The Morgan fingerprint density at radius 3 is 2.38 bits per heavy atom. The zero-order chi connectivity index (χ0) is 10.0. The molecule has 0 amide bonds. The third-order valence-electron chi connectivity index (χ3n) is 1.93. The fourth-order valence-electron chi connectivity index (χ4n) is 1.32. The number of halogens is 1. The van der Waals surface area contributed by atoms with E-state index in [1.165, 1.54) is 0 Å². The smallest absolute Gasteiger partial charge is 0.196 e. The van der Waals surface area contributed by atoms with Crippen molar-refractivity contribution >= 4 is 17.9 Å². The molecule has 3 nitrogen and oxygen atoms in total. The van der Waals surface area contributed by atoms with Crippen LogP contribution in [-0.4, -0.2) is 34.5 Å². The third-order valence-corrected chi connectivity index (χ3v) is 2.38. The van der Waals surface area contributed by atoms with E-state index in [2.05, 4.69) is 37.7 Å². The summed E-state index contributed by atoms with van der Waals surface area (Å²) in [5, 5.41) is 6.16. The molecule has 13 heavy (non-hydrogen) atoms. The molecule has 0 spiro atoms. The van der Waals surface area contributed by atoms with Gasteiger partial charge in [-0.1, -0.05) is 25.4 Å². The lowest BCUT2D eigenvalue weighted by atomic mass is 10.2. The quantitative estimate of drug-likeness (QED) is 0.517. The Balaban J connectivity index is 2.51. The largest absolute Gasteiger partial charge is 0.327 e. The first-order valence-corrected chi connectivity index (χ1v) is 5.18. The van der Waals surface area contributed by atoms with Crippen LogP contribution >= 0.6 is 11.6 Å². The number of hydrogen-bond acceptors (Lipinski definition) is 3. The summed E-state index contributed by atoms with van der Waals surface area (Å²) >= 11 is 6.21. The molecule has 1 aliphatic rings. The zero-order valence-electron chi connectivity index (χ0n) is 8.74. The number of hydrazone groups is 1. The molecule has 0 aromatic rings. The zero-order valence-corrected chi connectivity index (χ0v) is 9.49. The Morgan fingerprint density at radius 2 is 2.00 bits per heavy atom. The van der Waals surface area contributed by atoms with Crippen LogP contribution in [0.3, 0.4) is 0 Å². The minimum absolute atomic E-state index is 0.109. The van der Waals surface area contributed by atoms with Gasteiger partial charge < -0.3 is 4.90 Å². The van der Waals surface area contributed by atoms with E-state index in [1.807, 2.05) is 11.3 Å². The van der Waals surface area contributed by atoms with Crippen LogP contribution in [0.4, 0.5) is 0 Å². The van der Waals surface area contributed by atoms with Gasteiger partial charge in [0.05, 0.1) is 0 Å². The van der Waals surface area contributed by atoms with Crippen molar-refractivity contribution in [2.24, 2.45) is 11.0 Å². The van der Waals surface area contributed by atoms with Crippen LogP contribution in [0.5, 0.6) is 0 Å². The Hall–Kier alpha value is -0.440. The molecule has 0 aromatic heterocycles. The fraction of sp³-hybridized carbons (Fsp3) is 0.889. The maximum Gasteiger partial charge on any atom is 0.196 e. The summed E-state index contributed by atoms with van der Waals surface area (Å²) in [5.74, 6) is 0.611. The minimum atomic E-state index is -0.109. The highest BCUT2D eigenvalue weighted by molar-refractivity contribution is 6.20. The average Bonchev–Trinajstić information content (AvgIpc) is 2.32. The second kappa shape index (κ2) is 4.18. The molecular weight excluding hydrogens is 186 g/mol. The van der Waals surface area contributed by atoms with Crippen molar-refractivity contribution in [1.82, 2.24) is 9.91 Å². The van der Waals surface area contributed by atoms with Crippen molar-refractivity contribution in [3.05, 3.63) is 0 Å². The first kappa shape index (κ1) is 10.6. The van der Waals surface area contributed by atoms with Gasteiger partial charge >= 0.3 is 0 Å². The lowest BCUT2D eigenvalue weighted by Crippen LogP contribution is -2.39. The van der Waals surface area contributed by atoms with E-state index in [0.717, 1.165) is 6.54 Å². The van der Waals surface area contributed by atoms with Crippen LogP contribution in [0, 0.1) is 5.92 Å². The summed E-state index contributed by atoms with van der Waals surface area (Å²) in [5.41, 5.74) is -0.109. The monoisotopic (exact) mass is 203 g/mol. The van der Waals surface area contributed by atoms with Crippen LogP contribution in [0.1, 0.15) is 27.7 Å². The standard InChI is InChI=1S/C9H18ClN3/c1-7(2)5-12-6-11-13(8(3)4)9(12)10/h6-9H,5H2,1-4H3. The summed E-state index contributed by atoms with van der Waals surface area (Å²) in [6, 6.07) is 0.357. The second-order valence-electron chi connectivity index (χ2n) is 4.11. The predicted molar refractivity (Wildman–Crippen MR) is 56.7 cm³/mol. The van der Waals surface area contributed by atoms with E-state index in [-0.39, 0.29) is 5.62 Å². The maximum absolute atomic E-state index is 6.21. The lowest BCUT2D eigenvalue weighted by Gasteiger charge is -2.28. The molecule has 4 heteroatoms. The van der Waals surface area contributed by atoms with Crippen molar-refractivity contribution in [3.63, 3.8) is 0 Å². The van der Waals surface area contributed by atoms with Gasteiger partial charge in [-0.2, -0.15) is 5.10 Å². The topological polar surface area (TPSA) is 18.8 Å². The highest BCUT2D eigenvalue weighted by Crippen LogP contribution is 2.19. The van der Waals surface area contributed by atoms with Gasteiger partial charge in [-0.3, -0.25) is 5.01 Å². The minimum Gasteiger partial charge on any atom is -0.327 e. The Morgan fingerprint density at radius 1 is 1.38 bits per heavy atom. The van der Waals surface area contributed by atoms with E-state index >= 15 is 0 Å². The molecule has 0 saturated carbocycles. The number of rotatable bonds is 3. The molecule has 0 radical (unpaired) electrons. The van der Waals surface area contributed by atoms with E-state index in [4.69, 9.17) is 11.6 Å². The average molecular weight is 204 g/mol. The van der Waals surface area contributed by atoms with Crippen molar-refractivity contribution in [2.45, 2.75) is 39.4 Å². The normalized spacial score (nSPS) is 22.5. The van der Waals surface area contributed by atoms with Gasteiger partial charge in [0, 0.05) is 12.6 Å². The lowest BCUT2D eigenvalue weighted by molar-refractivity contribution is 0.154. The van der Waals surface area contributed by atoms with Crippen molar-refractivity contribution in [1.29, 1.82) is 0 Å². The highest BCUT2D eigenvalue weighted by Gasteiger charge is 2.27. The predicted octanol–water partition coefficient (Wildman–Crippen LogP) is 2.13. The van der Waals surface area contributed by atoms with Crippen molar-refractivity contribution in [3.8, 4) is 0 Å². The molecule has 1 unspecified atom stereocenters. The Labute approximate surface area is 85.3 Å². The van der Waals surface area contributed by atoms with Crippen LogP contribution in [0.15, 0.2) is 5.10 Å². The Bertz CT molecular complexity index is 191. The van der Waals surface area contributed by atoms with Crippen molar-refractivity contribution < 1.29 is 0 Å². The summed E-state index contributed by atoms with van der Waals surface area (Å²) in [6.45, 7) is 9.49. The number of hydrogen-bond donors (Lipinski definition) is 0. The van der Waals surface area contributed by atoms with Gasteiger partial charge in [0.25, 0.3) is 0 Å². The van der Waals surface area contributed by atoms with E-state index < -0.39 is 0 Å². The second-order valence-corrected chi connectivity index (χ2v) is 4.50. The van der Waals surface area contributed by atoms with Crippen LogP contribution in [0.25, 0.3) is 0 Å². The summed E-state index contributed by atoms with van der Waals surface area (Å²) in [7, 11) is 0. The van der Waals surface area contributed by atoms with Gasteiger partial charge in [0.2, 0.25) is 0 Å². The van der Waals surface area contributed by atoms with Gasteiger partial charge in [0.15, 0.2) is 5.62 Å². The van der Waals surface area contributed by atoms with E-state index in [0.29, 0.717) is 12.0 Å².